The number of nitrogens with zero attached hydrogens (tertiary/aromatic N) is 2. The summed E-state index contributed by atoms with van der Waals surface area (Å²) in [5, 5.41) is 3.76. The van der Waals surface area contributed by atoms with E-state index in [9.17, 15) is 0 Å². The summed E-state index contributed by atoms with van der Waals surface area (Å²) in [6.45, 7) is 6.16. The number of anilines is 1. The summed E-state index contributed by atoms with van der Waals surface area (Å²) in [6.07, 6.45) is 4.19. The Balaban J connectivity index is 2.42. The number of pyridine rings is 1. The van der Waals surface area contributed by atoms with Crippen molar-refractivity contribution in [3.05, 3.63) is 29.4 Å². The standard InChI is InChI=1S/C13H16ClN3O/c1-4-9-7-18-13(17-9)10-6-15-12(14)5-11(10)16-8(2)3/h5-8H,4H2,1-3H3,(H,15,16). The SMILES string of the molecule is CCc1coc(-c2cnc(Cl)cc2NC(C)C)n1. The van der Waals surface area contributed by atoms with Crippen LogP contribution in [0, 0.1) is 0 Å². The fraction of sp³-hybridized carbons (Fsp3) is 0.385. The third kappa shape index (κ3) is 2.82. The van der Waals surface area contributed by atoms with Gasteiger partial charge in [0, 0.05) is 12.2 Å². The molecule has 0 aliphatic carbocycles. The van der Waals surface area contributed by atoms with Crippen LogP contribution in [-0.2, 0) is 6.42 Å². The second kappa shape index (κ2) is 5.40. The molecule has 0 aromatic carbocycles. The van der Waals surface area contributed by atoms with Crippen LogP contribution in [0.1, 0.15) is 26.5 Å². The highest BCUT2D eigenvalue weighted by Gasteiger charge is 2.13. The van der Waals surface area contributed by atoms with Gasteiger partial charge in [0.1, 0.15) is 11.4 Å². The molecule has 0 atom stereocenters. The fourth-order valence-corrected chi connectivity index (χ4v) is 1.78. The molecule has 0 radical (unpaired) electrons. The highest BCUT2D eigenvalue weighted by molar-refractivity contribution is 6.29. The Morgan fingerprint density at radius 1 is 1.44 bits per heavy atom. The Hall–Kier alpha value is -1.55. The Bertz CT molecular complexity index is 537. The average Bonchev–Trinajstić information content (AvgIpc) is 2.77. The molecule has 0 saturated heterocycles. The van der Waals surface area contributed by atoms with Crippen molar-refractivity contribution < 1.29 is 4.42 Å². The van der Waals surface area contributed by atoms with Gasteiger partial charge in [-0.1, -0.05) is 18.5 Å². The molecule has 0 unspecified atom stereocenters. The van der Waals surface area contributed by atoms with Gasteiger partial charge in [0.15, 0.2) is 0 Å². The van der Waals surface area contributed by atoms with E-state index in [4.69, 9.17) is 16.0 Å². The van der Waals surface area contributed by atoms with Crippen LogP contribution in [0.15, 0.2) is 22.9 Å². The summed E-state index contributed by atoms with van der Waals surface area (Å²) in [6, 6.07) is 2.08. The minimum Gasteiger partial charge on any atom is -0.444 e. The lowest BCUT2D eigenvalue weighted by atomic mass is 10.2. The summed E-state index contributed by atoms with van der Waals surface area (Å²) in [5.41, 5.74) is 2.64. The Morgan fingerprint density at radius 2 is 2.22 bits per heavy atom. The third-order valence-corrected chi connectivity index (χ3v) is 2.67. The molecule has 0 amide bonds. The van der Waals surface area contributed by atoms with E-state index in [2.05, 4.69) is 29.1 Å². The molecule has 18 heavy (non-hydrogen) atoms. The number of hydrogen-bond donors (Lipinski definition) is 1. The monoisotopic (exact) mass is 265 g/mol. The molecule has 0 saturated carbocycles. The van der Waals surface area contributed by atoms with Crippen LogP contribution >= 0.6 is 11.6 Å². The molecule has 96 valence electrons. The molecule has 2 aromatic heterocycles. The second-order valence-electron chi connectivity index (χ2n) is 4.35. The maximum atomic E-state index is 5.92. The number of rotatable bonds is 4. The molecule has 0 spiro atoms. The normalized spacial score (nSPS) is 10.9. The largest absolute Gasteiger partial charge is 0.444 e. The van der Waals surface area contributed by atoms with Gasteiger partial charge in [-0.25, -0.2) is 9.97 Å². The van der Waals surface area contributed by atoms with Crippen molar-refractivity contribution in [1.82, 2.24) is 9.97 Å². The van der Waals surface area contributed by atoms with Gasteiger partial charge < -0.3 is 9.73 Å². The Labute approximate surface area is 111 Å². The summed E-state index contributed by atoms with van der Waals surface area (Å²) in [4.78, 5) is 8.49. The number of aromatic nitrogens is 2. The van der Waals surface area contributed by atoms with Crippen molar-refractivity contribution in [1.29, 1.82) is 0 Å². The minimum absolute atomic E-state index is 0.294. The van der Waals surface area contributed by atoms with Crippen molar-refractivity contribution in [2.24, 2.45) is 0 Å². The van der Waals surface area contributed by atoms with Crippen LogP contribution in [0.5, 0.6) is 0 Å². The summed E-state index contributed by atoms with van der Waals surface area (Å²) >= 11 is 5.92. The third-order valence-electron chi connectivity index (χ3n) is 2.46. The molecule has 0 bridgehead atoms. The molecular weight excluding hydrogens is 250 g/mol. The van der Waals surface area contributed by atoms with Crippen LogP contribution in [0.3, 0.4) is 0 Å². The van der Waals surface area contributed by atoms with E-state index in [1.165, 1.54) is 0 Å². The minimum atomic E-state index is 0.294. The van der Waals surface area contributed by atoms with Gasteiger partial charge in [-0.3, -0.25) is 0 Å². The van der Waals surface area contributed by atoms with E-state index in [0.717, 1.165) is 23.4 Å². The number of oxazole rings is 1. The second-order valence-corrected chi connectivity index (χ2v) is 4.74. The van der Waals surface area contributed by atoms with Crippen molar-refractivity contribution in [2.45, 2.75) is 33.2 Å². The molecule has 0 fully saturated rings. The first-order valence-corrected chi connectivity index (χ1v) is 6.34. The summed E-state index contributed by atoms with van der Waals surface area (Å²) in [5.74, 6) is 0.569. The van der Waals surface area contributed by atoms with Gasteiger partial charge >= 0.3 is 0 Å². The Morgan fingerprint density at radius 3 is 2.83 bits per heavy atom. The maximum Gasteiger partial charge on any atom is 0.229 e. The zero-order valence-electron chi connectivity index (χ0n) is 10.7. The van der Waals surface area contributed by atoms with Gasteiger partial charge in [0.25, 0.3) is 0 Å². The van der Waals surface area contributed by atoms with Gasteiger partial charge in [-0.05, 0) is 26.3 Å². The number of nitrogens with one attached hydrogen (secondary N) is 1. The van der Waals surface area contributed by atoms with Crippen molar-refractivity contribution >= 4 is 17.3 Å². The lowest BCUT2D eigenvalue weighted by Crippen LogP contribution is -2.10. The van der Waals surface area contributed by atoms with E-state index < -0.39 is 0 Å². The smallest absolute Gasteiger partial charge is 0.229 e. The van der Waals surface area contributed by atoms with E-state index in [1.54, 1.807) is 18.5 Å². The van der Waals surface area contributed by atoms with Gasteiger partial charge in [-0.15, -0.1) is 0 Å². The first kappa shape index (κ1) is 12.9. The lowest BCUT2D eigenvalue weighted by molar-refractivity contribution is 0.572. The summed E-state index contributed by atoms with van der Waals surface area (Å²) in [7, 11) is 0. The van der Waals surface area contributed by atoms with Gasteiger partial charge in [0.05, 0.1) is 16.9 Å². The molecule has 2 rings (SSSR count). The van der Waals surface area contributed by atoms with Gasteiger partial charge in [-0.2, -0.15) is 0 Å². The highest BCUT2D eigenvalue weighted by Crippen LogP contribution is 2.29. The van der Waals surface area contributed by atoms with Crippen molar-refractivity contribution in [2.75, 3.05) is 5.32 Å². The maximum absolute atomic E-state index is 5.92. The molecule has 4 nitrogen and oxygen atoms in total. The number of halogens is 1. The van der Waals surface area contributed by atoms with E-state index in [0.29, 0.717) is 17.1 Å². The quantitative estimate of drug-likeness (QED) is 0.855. The van der Waals surface area contributed by atoms with Crippen LogP contribution in [-0.4, -0.2) is 16.0 Å². The molecule has 5 heteroatoms. The number of hydrogen-bond acceptors (Lipinski definition) is 4. The van der Waals surface area contributed by atoms with Crippen LogP contribution in [0.2, 0.25) is 5.15 Å². The molecule has 0 aliphatic rings. The molecule has 1 N–H and O–H groups in total. The average molecular weight is 266 g/mol. The van der Waals surface area contributed by atoms with Crippen molar-refractivity contribution in [3.63, 3.8) is 0 Å². The van der Waals surface area contributed by atoms with Crippen LogP contribution < -0.4 is 5.32 Å². The zero-order chi connectivity index (χ0) is 13.1. The zero-order valence-corrected chi connectivity index (χ0v) is 11.5. The predicted molar refractivity (Wildman–Crippen MR) is 72.9 cm³/mol. The topological polar surface area (TPSA) is 51.0 Å². The van der Waals surface area contributed by atoms with Gasteiger partial charge in [0.2, 0.25) is 5.89 Å². The van der Waals surface area contributed by atoms with E-state index in [1.807, 2.05) is 6.92 Å². The van der Waals surface area contributed by atoms with E-state index >= 15 is 0 Å². The van der Waals surface area contributed by atoms with Crippen molar-refractivity contribution in [3.8, 4) is 11.5 Å². The molecule has 2 heterocycles. The van der Waals surface area contributed by atoms with Crippen LogP contribution in [0.4, 0.5) is 5.69 Å². The van der Waals surface area contributed by atoms with Crippen LogP contribution in [0.25, 0.3) is 11.5 Å². The molecule has 2 aromatic rings. The predicted octanol–water partition coefficient (Wildman–Crippen LogP) is 3.77. The highest BCUT2D eigenvalue weighted by atomic mass is 35.5. The molecule has 0 aliphatic heterocycles. The Kier molecular flexibility index (Phi) is 3.87. The fourth-order valence-electron chi connectivity index (χ4n) is 1.62. The van der Waals surface area contributed by atoms with E-state index in [-0.39, 0.29) is 0 Å². The summed E-state index contributed by atoms with van der Waals surface area (Å²) < 4.78 is 5.47. The number of aryl methyl sites for hydroxylation is 1. The molecular formula is C13H16ClN3O. The first-order valence-electron chi connectivity index (χ1n) is 5.97. The first-order chi connectivity index (χ1) is 8.60. The lowest BCUT2D eigenvalue weighted by Gasteiger charge is -2.12.